The highest BCUT2D eigenvalue weighted by Gasteiger charge is 2.27. The van der Waals surface area contributed by atoms with Crippen molar-refractivity contribution in [1.82, 2.24) is 0 Å². The summed E-state index contributed by atoms with van der Waals surface area (Å²) >= 11 is 0. The van der Waals surface area contributed by atoms with E-state index in [1.54, 1.807) is 0 Å². The summed E-state index contributed by atoms with van der Waals surface area (Å²) in [5.41, 5.74) is 0. The van der Waals surface area contributed by atoms with Crippen molar-refractivity contribution < 1.29 is 53.0 Å². The molecule has 10 heteroatoms. The van der Waals surface area contributed by atoms with Crippen LogP contribution in [0, 0.1) is 0 Å². The highest BCUT2D eigenvalue weighted by atomic mass is 31.2. The molecule has 9 nitrogen and oxygen atoms in total. The Hall–Kier alpha value is -2.03. The first-order chi connectivity index (χ1) is 30.2. The number of unbranched alkanes of at least 4 members (excludes halogenated alkanes) is 16. The van der Waals surface area contributed by atoms with Gasteiger partial charge in [-0.2, -0.15) is 0 Å². The zero-order valence-electron chi connectivity index (χ0n) is 44.0. The molecule has 0 rings (SSSR count). The first-order valence-corrected chi connectivity index (χ1v) is 23.1. The second-order valence-corrected chi connectivity index (χ2v) is 16.8. The molecule has 0 bridgehead atoms. The monoisotopic (exact) mass is 819 g/mol. The van der Waals surface area contributed by atoms with Crippen LogP contribution in [0.4, 0.5) is 0 Å². The summed E-state index contributed by atoms with van der Waals surface area (Å²) in [6.07, 6.45) is 19.0. The molecule has 0 aromatic heterocycles. The minimum absolute atomic E-state index is 0.0251. The van der Waals surface area contributed by atoms with E-state index in [1.807, 2.05) is 28.1 Å². The number of carbonyl (C=O) groups is 2. The average Bonchev–Trinajstić information content (AvgIpc) is 3.22. The molecular formula is C46H85NO8P+. The number of hydrogen-bond acceptors (Lipinski definition) is 7. The summed E-state index contributed by atoms with van der Waals surface area (Å²) in [7, 11) is 1.15. The summed E-state index contributed by atoms with van der Waals surface area (Å²) in [5, 5.41) is 0. The number of likely N-dealkylation sites (N-methyl/N-ethyl adjacent to an activating group) is 1. The largest absolute Gasteiger partial charge is 0.472 e. The topological polar surface area (TPSA) is 108 Å². The van der Waals surface area contributed by atoms with Crippen LogP contribution in [0.15, 0.2) is 48.4 Å². The number of hydrogen-bond donors (Lipinski definition) is 1. The van der Waals surface area contributed by atoms with E-state index in [1.165, 1.54) is 70.6 Å². The van der Waals surface area contributed by atoms with Gasteiger partial charge in [-0.3, -0.25) is 18.6 Å². The van der Waals surface area contributed by atoms with Crippen LogP contribution in [0.3, 0.4) is 0 Å². The standard InChI is InChI=1S/C46H84NO8P/c1-6-8-10-12-14-16-18-20-22-23-25-27-29-31-33-35-37-39-46(49)55-44(43-54-56(50,51)53-41-40-47(3,4)5)42-52-45(48)38-36-34-32-30-28-26-24-21-19-17-15-13-11-9-7-2/h14,16,20,22,25,27,31,33,44H,6-13,15,17-19,21,23-24,26,28-30,32,34-43H2,1-5H3/p+1/b16-14-,22-20-,27-25-,33-31-/t44-/m1/s1/i14D,16D,20D,22D,25D,27D,31D,33D. The van der Waals surface area contributed by atoms with Gasteiger partial charge in [-0.25, -0.2) is 4.57 Å². The van der Waals surface area contributed by atoms with Crippen LogP contribution in [0.25, 0.3) is 0 Å². The first kappa shape index (κ1) is 40.7. The van der Waals surface area contributed by atoms with E-state index in [-0.39, 0.29) is 100.0 Å². The lowest BCUT2D eigenvalue weighted by Gasteiger charge is -2.24. The number of nitrogens with zero attached hydrogens (tertiary/aromatic N) is 1. The van der Waals surface area contributed by atoms with Crippen molar-refractivity contribution in [3.63, 3.8) is 0 Å². The third-order valence-electron chi connectivity index (χ3n) is 8.77. The Balaban J connectivity index is 5.07. The quantitative estimate of drug-likeness (QED) is 0.0214. The van der Waals surface area contributed by atoms with E-state index in [4.69, 9.17) is 29.5 Å². The smallest absolute Gasteiger partial charge is 0.462 e. The molecule has 0 aliphatic carbocycles. The molecule has 1 unspecified atom stereocenters. The predicted octanol–water partition coefficient (Wildman–Crippen LogP) is 12.7. The summed E-state index contributed by atoms with van der Waals surface area (Å²) < 4.78 is 99.5. The SMILES string of the molecule is [2H]/C(CCCCC)=C(\[2H])C/C([2H])=C(/[2H])C/C([2H])=C(/[2H])C/C([2H])=C(/[2H])CCCC(=O)O[C@H](COC(=O)CCCCCCCCCCCCCCCCC)COP(=O)(O)OCC[N+](C)(C)C. The molecule has 0 aromatic rings. The first-order valence-electron chi connectivity index (χ1n) is 25.6. The molecule has 2 atom stereocenters. The third kappa shape index (κ3) is 41.6. The third-order valence-corrected chi connectivity index (χ3v) is 9.76. The lowest BCUT2D eigenvalue weighted by molar-refractivity contribution is -0.870. The van der Waals surface area contributed by atoms with Crippen LogP contribution in [-0.2, 0) is 32.7 Å². The fourth-order valence-electron chi connectivity index (χ4n) is 5.37. The molecule has 0 saturated heterocycles. The van der Waals surface area contributed by atoms with Crippen molar-refractivity contribution >= 4 is 19.8 Å². The van der Waals surface area contributed by atoms with Gasteiger partial charge in [0.05, 0.1) is 38.7 Å². The van der Waals surface area contributed by atoms with E-state index in [9.17, 15) is 19.0 Å². The van der Waals surface area contributed by atoms with Gasteiger partial charge in [-0.1, -0.05) is 165 Å². The number of allylic oxidation sites excluding steroid dienone is 8. The number of carbonyl (C=O) groups excluding carboxylic acids is 2. The maximum Gasteiger partial charge on any atom is 0.472 e. The van der Waals surface area contributed by atoms with E-state index >= 15 is 0 Å². The molecule has 0 heterocycles. The molecule has 0 radical (unpaired) electrons. The number of rotatable bonds is 40. The molecular weight excluding hydrogens is 725 g/mol. The van der Waals surface area contributed by atoms with Crippen molar-refractivity contribution in [2.24, 2.45) is 0 Å². The van der Waals surface area contributed by atoms with Crippen molar-refractivity contribution in [2.75, 3.05) is 47.5 Å². The van der Waals surface area contributed by atoms with Crippen LogP contribution in [0.2, 0.25) is 0 Å². The zero-order valence-corrected chi connectivity index (χ0v) is 36.9. The van der Waals surface area contributed by atoms with Gasteiger partial charge in [0.1, 0.15) is 19.8 Å². The molecule has 0 fully saturated rings. The minimum atomic E-state index is -4.53. The number of phosphoric acid groups is 1. The summed E-state index contributed by atoms with van der Waals surface area (Å²) in [4.78, 5) is 35.6. The van der Waals surface area contributed by atoms with Crippen molar-refractivity contribution in [3.05, 3.63) is 48.4 Å². The minimum Gasteiger partial charge on any atom is -0.462 e. The predicted molar refractivity (Wildman–Crippen MR) is 233 cm³/mol. The van der Waals surface area contributed by atoms with Gasteiger partial charge in [0, 0.05) is 12.8 Å². The Kier molecular flexibility index (Phi) is 28.0. The lowest BCUT2D eigenvalue weighted by Crippen LogP contribution is -2.37. The highest BCUT2D eigenvalue weighted by molar-refractivity contribution is 7.47. The maximum absolute atomic E-state index is 12.8. The fraction of sp³-hybridized carbons (Fsp3) is 0.783. The molecule has 0 aliphatic rings. The van der Waals surface area contributed by atoms with E-state index in [2.05, 4.69) is 6.92 Å². The Bertz CT molecular complexity index is 1500. The molecule has 56 heavy (non-hydrogen) atoms. The van der Waals surface area contributed by atoms with Crippen LogP contribution < -0.4 is 0 Å². The molecule has 1 N–H and O–H groups in total. The molecule has 0 aliphatic heterocycles. The van der Waals surface area contributed by atoms with Gasteiger partial charge < -0.3 is 18.9 Å². The van der Waals surface area contributed by atoms with Gasteiger partial charge in [-0.05, 0) is 51.4 Å². The maximum atomic E-state index is 12.8. The van der Waals surface area contributed by atoms with E-state index < -0.39 is 39.1 Å². The molecule has 326 valence electrons. The van der Waals surface area contributed by atoms with Gasteiger partial charge in [0.2, 0.25) is 0 Å². The normalized spacial score (nSPS) is 17.5. The zero-order chi connectivity index (χ0) is 48.4. The number of quaternary nitrogens is 1. The number of ether oxygens (including phenoxy) is 2. The second kappa shape index (κ2) is 38.5. The summed E-state index contributed by atoms with van der Waals surface area (Å²) in [5.74, 6) is -1.23. The van der Waals surface area contributed by atoms with Gasteiger partial charge in [0.25, 0.3) is 0 Å². The van der Waals surface area contributed by atoms with E-state index in [0.29, 0.717) is 23.9 Å². The van der Waals surface area contributed by atoms with Crippen molar-refractivity contribution in [1.29, 1.82) is 0 Å². The second-order valence-electron chi connectivity index (χ2n) is 15.4. The summed E-state index contributed by atoms with van der Waals surface area (Å²) in [6.45, 7) is 3.66. The molecule has 0 saturated carbocycles. The molecule has 0 spiro atoms. The van der Waals surface area contributed by atoms with Crippen molar-refractivity contribution in [3.8, 4) is 0 Å². The average molecular weight is 819 g/mol. The molecule has 0 aromatic carbocycles. The van der Waals surface area contributed by atoms with Crippen LogP contribution >= 0.6 is 7.82 Å². The van der Waals surface area contributed by atoms with Crippen LogP contribution in [0.1, 0.15) is 192 Å². The summed E-state index contributed by atoms with van der Waals surface area (Å²) in [6, 6.07) is -1.40. The van der Waals surface area contributed by atoms with Gasteiger partial charge in [-0.15, -0.1) is 0 Å². The highest BCUT2D eigenvalue weighted by Crippen LogP contribution is 2.43. The lowest BCUT2D eigenvalue weighted by atomic mass is 10.0. The Morgan fingerprint density at radius 3 is 1.52 bits per heavy atom. The van der Waals surface area contributed by atoms with Crippen LogP contribution in [0.5, 0.6) is 0 Å². The Labute approximate surface area is 355 Å². The van der Waals surface area contributed by atoms with Crippen LogP contribution in [-0.4, -0.2) is 74.9 Å². The number of phosphoric ester groups is 1. The fourth-order valence-corrected chi connectivity index (χ4v) is 6.11. The molecule has 0 amide bonds. The Morgan fingerprint density at radius 2 is 1.02 bits per heavy atom. The van der Waals surface area contributed by atoms with Crippen molar-refractivity contribution in [2.45, 2.75) is 187 Å². The van der Waals surface area contributed by atoms with Gasteiger partial charge in [0.15, 0.2) is 6.10 Å². The van der Waals surface area contributed by atoms with Gasteiger partial charge >= 0.3 is 19.8 Å². The number of esters is 2. The Morgan fingerprint density at radius 1 is 0.589 bits per heavy atom. The van der Waals surface area contributed by atoms with E-state index in [0.717, 1.165) is 38.5 Å².